The van der Waals surface area contributed by atoms with Crippen molar-refractivity contribution in [2.45, 2.75) is 13.3 Å². The molecule has 2 aromatic carbocycles. The first kappa shape index (κ1) is 22.4. The molecule has 0 radical (unpaired) electrons. The lowest BCUT2D eigenvalue weighted by Gasteiger charge is -2.35. The van der Waals surface area contributed by atoms with E-state index in [2.05, 4.69) is 33.0 Å². The highest BCUT2D eigenvalue weighted by molar-refractivity contribution is 9.10. The van der Waals surface area contributed by atoms with Crippen molar-refractivity contribution in [3.8, 4) is 17.2 Å². The molecule has 162 valence electrons. The molecule has 0 spiro atoms. The van der Waals surface area contributed by atoms with Crippen LogP contribution < -0.4 is 14.2 Å². The summed E-state index contributed by atoms with van der Waals surface area (Å²) in [6.07, 6.45) is 0.987. The Morgan fingerprint density at radius 2 is 1.73 bits per heavy atom. The fourth-order valence-corrected chi connectivity index (χ4v) is 4.12. The largest absolute Gasteiger partial charge is 0.497 e. The Hall–Kier alpha value is -2.25. The SMILES string of the molecule is CCOc1c(Br)cc(C(=O)N2CCN(CCc3ccc(OC)cc3)CC2)cc1OC. The van der Waals surface area contributed by atoms with Crippen molar-refractivity contribution in [3.05, 3.63) is 52.0 Å². The minimum atomic E-state index is 0.0202. The van der Waals surface area contributed by atoms with E-state index in [9.17, 15) is 4.79 Å². The third-order valence-corrected chi connectivity index (χ3v) is 5.89. The maximum absolute atomic E-state index is 13.0. The molecule has 2 aromatic rings. The van der Waals surface area contributed by atoms with Gasteiger partial charge < -0.3 is 19.1 Å². The number of hydrogen-bond acceptors (Lipinski definition) is 5. The van der Waals surface area contributed by atoms with Gasteiger partial charge in [0.25, 0.3) is 5.91 Å². The van der Waals surface area contributed by atoms with E-state index in [0.29, 0.717) is 36.8 Å². The molecule has 0 aromatic heterocycles. The van der Waals surface area contributed by atoms with Crippen LogP contribution in [0.5, 0.6) is 17.2 Å². The molecule has 0 unspecified atom stereocenters. The molecule has 30 heavy (non-hydrogen) atoms. The number of amides is 1. The highest BCUT2D eigenvalue weighted by atomic mass is 79.9. The zero-order valence-corrected chi connectivity index (χ0v) is 19.4. The van der Waals surface area contributed by atoms with Crippen molar-refractivity contribution in [1.29, 1.82) is 0 Å². The van der Waals surface area contributed by atoms with Gasteiger partial charge in [-0.15, -0.1) is 0 Å². The van der Waals surface area contributed by atoms with Gasteiger partial charge in [0.05, 0.1) is 25.3 Å². The Bertz CT molecular complexity index is 849. The zero-order chi connectivity index (χ0) is 21.5. The van der Waals surface area contributed by atoms with E-state index in [-0.39, 0.29) is 5.91 Å². The molecule has 0 N–H and O–H groups in total. The summed E-state index contributed by atoms with van der Waals surface area (Å²) in [5.41, 5.74) is 1.90. The van der Waals surface area contributed by atoms with Crippen LogP contribution >= 0.6 is 15.9 Å². The summed E-state index contributed by atoms with van der Waals surface area (Å²) in [4.78, 5) is 17.3. The van der Waals surface area contributed by atoms with Crippen LogP contribution in [0, 0.1) is 0 Å². The molecule has 7 heteroatoms. The summed E-state index contributed by atoms with van der Waals surface area (Å²) in [5, 5.41) is 0. The van der Waals surface area contributed by atoms with Crippen molar-refractivity contribution in [2.24, 2.45) is 0 Å². The first-order valence-corrected chi connectivity index (χ1v) is 11.0. The van der Waals surface area contributed by atoms with Gasteiger partial charge in [-0.05, 0) is 59.1 Å². The molecule has 1 aliphatic heterocycles. The van der Waals surface area contributed by atoms with E-state index in [4.69, 9.17) is 14.2 Å². The maximum Gasteiger partial charge on any atom is 0.254 e. The lowest BCUT2D eigenvalue weighted by atomic mass is 10.1. The van der Waals surface area contributed by atoms with Crippen LogP contribution in [0.4, 0.5) is 0 Å². The normalized spacial score (nSPS) is 14.5. The Morgan fingerprint density at radius 1 is 1.03 bits per heavy atom. The van der Waals surface area contributed by atoms with Gasteiger partial charge in [0.1, 0.15) is 5.75 Å². The van der Waals surface area contributed by atoms with Gasteiger partial charge in [0.15, 0.2) is 11.5 Å². The van der Waals surface area contributed by atoms with E-state index in [1.807, 2.05) is 30.0 Å². The van der Waals surface area contributed by atoms with E-state index in [0.717, 1.165) is 36.3 Å². The summed E-state index contributed by atoms with van der Waals surface area (Å²) in [6, 6.07) is 11.8. The van der Waals surface area contributed by atoms with Crippen LogP contribution in [-0.4, -0.2) is 69.3 Å². The Kier molecular flexibility index (Phi) is 7.99. The number of methoxy groups -OCH3 is 2. The zero-order valence-electron chi connectivity index (χ0n) is 17.8. The fraction of sp³-hybridized carbons (Fsp3) is 0.435. The van der Waals surface area contributed by atoms with E-state index < -0.39 is 0 Å². The predicted octanol–water partition coefficient (Wildman–Crippen LogP) is 3.87. The van der Waals surface area contributed by atoms with E-state index in [1.54, 1.807) is 20.3 Å². The van der Waals surface area contributed by atoms with Gasteiger partial charge in [-0.1, -0.05) is 12.1 Å². The smallest absolute Gasteiger partial charge is 0.254 e. The standard InChI is InChI=1S/C23H29BrN2O4/c1-4-30-22-20(24)15-18(16-21(22)29-3)23(27)26-13-11-25(12-14-26)10-9-17-5-7-19(28-2)8-6-17/h5-8,15-16H,4,9-14H2,1-3H3. The first-order valence-electron chi connectivity index (χ1n) is 10.2. The number of nitrogens with zero attached hydrogens (tertiary/aromatic N) is 2. The topological polar surface area (TPSA) is 51.2 Å². The molecule has 0 saturated carbocycles. The first-order chi connectivity index (χ1) is 14.5. The van der Waals surface area contributed by atoms with Gasteiger partial charge in [-0.3, -0.25) is 9.69 Å². The minimum absolute atomic E-state index is 0.0202. The van der Waals surface area contributed by atoms with Crippen molar-refractivity contribution < 1.29 is 19.0 Å². The molecule has 1 aliphatic rings. The van der Waals surface area contributed by atoms with Crippen LogP contribution in [0.2, 0.25) is 0 Å². The van der Waals surface area contributed by atoms with Crippen molar-refractivity contribution in [3.63, 3.8) is 0 Å². The lowest BCUT2D eigenvalue weighted by molar-refractivity contribution is 0.0638. The number of carbonyl (C=O) groups is 1. The highest BCUT2D eigenvalue weighted by Gasteiger charge is 2.24. The second-order valence-electron chi connectivity index (χ2n) is 7.15. The van der Waals surface area contributed by atoms with Gasteiger partial charge in [-0.2, -0.15) is 0 Å². The molecule has 1 heterocycles. The highest BCUT2D eigenvalue weighted by Crippen LogP contribution is 2.37. The third kappa shape index (κ3) is 5.46. The summed E-state index contributed by atoms with van der Waals surface area (Å²) < 4.78 is 17.0. The number of piperazine rings is 1. The molecule has 1 amide bonds. The second kappa shape index (κ2) is 10.7. The maximum atomic E-state index is 13.0. The minimum Gasteiger partial charge on any atom is -0.497 e. The second-order valence-corrected chi connectivity index (χ2v) is 8.01. The Labute approximate surface area is 186 Å². The Balaban J connectivity index is 1.55. The molecular formula is C23H29BrN2O4. The number of rotatable bonds is 8. The molecule has 3 rings (SSSR count). The molecular weight excluding hydrogens is 448 g/mol. The quantitative estimate of drug-likeness (QED) is 0.578. The molecule has 1 fully saturated rings. The van der Waals surface area contributed by atoms with Crippen LogP contribution in [0.15, 0.2) is 40.9 Å². The monoisotopic (exact) mass is 476 g/mol. The van der Waals surface area contributed by atoms with Gasteiger partial charge >= 0.3 is 0 Å². The number of ether oxygens (including phenoxy) is 3. The van der Waals surface area contributed by atoms with Crippen LogP contribution in [0.3, 0.4) is 0 Å². The van der Waals surface area contributed by atoms with Gasteiger partial charge in [0, 0.05) is 38.3 Å². The molecule has 1 saturated heterocycles. The van der Waals surface area contributed by atoms with Gasteiger partial charge in [-0.25, -0.2) is 0 Å². The summed E-state index contributed by atoms with van der Waals surface area (Å²) in [5.74, 6) is 2.09. The summed E-state index contributed by atoms with van der Waals surface area (Å²) in [6.45, 7) is 6.61. The predicted molar refractivity (Wildman–Crippen MR) is 121 cm³/mol. The average Bonchev–Trinajstić information content (AvgIpc) is 2.79. The van der Waals surface area contributed by atoms with Crippen LogP contribution in [-0.2, 0) is 6.42 Å². The summed E-state index contributed by atoms with van der Waals surface area (Å²) in [7, 11) is 3.26. The van der Waals surface area contributed by atoms with Crippen molar-refractivity contribution in [2.75, 3.05) is 53.6 Å². The summed E-state index contributed by atoms with van der Waals surface area (Å²) >= 11 is 3.50. The van der Waals surface area contributed by atoms with E-state index in [1.165, 1.54) is 5.56 Å². The third-order valence-electron chi connectivity index (χ3n) is 5.30. The number of halogens is 1. The lowest BCUT2D eigenvalue weighted by Crippen LogP contribution is -2.49. The Morgan fingerprint density at radius 3 is 2.33 bits per heavy atom. The molecule has 6 nitrogen and oxygen atoms in total. The molecule has 0 aliphatic carbocycles. The van der Waals surface area contributed by atoms with Crippen LogP contribution in [0.25, 0.3) is 0 Å². The molecule has 0 atom stereocenters. The number of hydrogen-bond donors (Lipinski definition) is 0. The van der Waals surface area contributed by atoms with Crippen molar-refractivity contribution >= 4 is 21.8 Å². The van der Waals surface area contributed by atoms with Crippen LogP contribution in [0.1, 0.15) is 22.8 Å². The average molecular weight is 477 g/mol. The van der Waals surface area contributed by atoms with Gasteiger partial charge in [0.2, 0.25) is 0 Å². The number of carbonyl (C=O) groups excluding carboxylic acids is 1. The van der Waals surface area contributed by atoms with Crippen molar-refractivity contribution in [1.82, 2.24) is 9.80 Å². The van der Waals surface area contributed by atoms with E-state index >= 15 is 0 Å². The number of benzene rings is 2. The fourth-order valence-electron chi connectivity index (χ4n) is 3.56. The molecule has 0 bridgehead atoms.